The summed E-state index contributed by atoms with van der Waals surface area (Å²) in [5.41, 5.74) is 1.18. The molecule has 0 aromatic heterocycles. The van der Waals surface area contributed by atoms with E-state index >= 15 is 0 Å². The summed E-state index contributed by atoms with van der Waals surface area (Å²) in [7, 11) is 3.64. The number of halogens is 1. The average molecular weight is 356 g/mol. The van der Waals surface area contributed by atoms with Crippen LogP contribution in [0.15, 0.2) is 16.6 Å². The summed E-state index contributed by atoms with van der Waals surface area (Å²) < 4.78 is 12.8. The molecule has 0 aliphatic heterocycles. The van der Waals surface area contributed by atoms with Gasteiger partial charge >= 0.3 is 0 Å². The summed E-state index contributed by atoms with van der Waals surface area (Å²) in [6.07, 6.45) is 6.47. The van der Waals surface area contributed by atoms with Crippen LogP contribution in [0.2, 0.25) is 0 Å². The van der Waals surface area contributed by atoms with E-state index in [0.29, 0.717) is 6.10 Å². The van der Waals surface area contributed by atoms with Crippen LogP contribution in [0, 0.1) is 5.92 Å². The number of rotatable bonds is 6. The summed E-state index contributed by atoms with van der Waals surface area (Å²) in [6, 6.07) is 4.16. The van der Waals surface area contributed by atoms with Crippen LogP contribution in [-0.2, 0) is 6.54 Å². The van der Waals surface area contributed by atoms with Gasteiger partial charge < -0.3 is 14.8 Å². The second-order valence-corrected chi connectivity index (χ2v) is 6.67. The third kappa shape index (κ3) is 4.36. The van der Waals surface area contributed by atoms with Crippen LogP contribution in [0.25, 0.3) is 0 Å². The van der Waals surface area contributed by atoms with Crippen LogP contribution in [-0.4, -0.2) is 20.3 Å². The van der Waals surface area contributed by atoms with E-state index in [1.54, 1.807) is 7.11 Å². The van der Waals surface area contributed by atoms with Crippen molar-refractivity contribution in [3.8, 4) is 11.5 Å². The monoisotopic (exact) mass is 355 g/mol. The minimum atomic E-state index is 0.309. The lowest BCUT2D eigenvalue weighted by Gasteiger charge is -2.29. The smallest absolute Gasteiger partial charge is 0.175 e. The van der Waals surface area contributed by atoms with Crippen molar-refractivity contribution in [2.75, 3.05) is 14.2 Å². The van der Waals surface area contributed by atoms with Gasteiger partial charge in [-0.1, -0.05) is 19.8 Å². The molecule has 0 saturated heterocycles. The number of hydrogen-bond donors (Lipinski definition) is 1. The van der Waals surface area contributed by atoms with Gasteiger partial charge in [0.1, 0.15) is 0 Å². The van der Waals surface area contributed by atoms with Gasteiger partial charge in [0.15, 0.2) is 11.5 Å². The fourth-order valence-electron chi connectivity index (χ4n) is 3.08. The summed E-state index contributed by atoms with van der Waals surface area (Å²) in [6.45, 7) is 3.09. The van der Waals surface area contributed by atoms with Gasteiger partial charge in [0.05, 0.1) is 17.7 Å². The Balaban J connectivity index is 2.15. The molecule has 0 bridgehead atoms. The minimum Gasteiger partial charge on any atom is -0.493 e. The highest BCUT2D eigenvalue weighted by Gasteiger charge is 2.24. The summed E-state index contributed by atoms with van der Waals surface area (Å²) in [4.78, 5) is 0. The van der Waals surface area contributed by atoms with Crippen LogP contribution < -0.4 is 14.8 Å². The van der Waals surface area contributed by atoms with Gasteiger partial charge in [0.25, 0.3) is 0 Å². The van der Waals surface area contributed by atoms with Gasteiger partial charge in [-0.15, -0.1) is 0 Å². The standard InChI is InChI=1S/C17H26BrNO2/c1-4-12-6-5-7-14(8-12)21-17-15(18)9-13(11-19-2)10-16(17)20-3/h9-10,12,14,19H,4-8,11H2,1-3H3. The maximum Gasteiger partial charge on any atom is 0.175 e. The van der Waals surface area contributed by atoms with Crippen LogP contribution in [0.5, 0.6) is 11.5 Å². The fraction of sp³-hybridized carbons (Fsp3) is 0.647. The maximum atomic E-state index is 6.28. The number of methoxy groups -OCH3 is 1. The van der Waals surface area contributed by atoms with Crippen LogP contribution in [0.4, 0.5) is 0 Å². The zero-order valence-corrected chi connectivity index (χ0v) is 14.8. The predicted octanol–water partition coefficient (Wildman–Crippen LogP) is 4.52. The second kappa shape index (κ2) is 8.04. The average Bonchev–Trinajstić information content (AvgIpc) is 2.50. The lowest BCUT2D eigenvalue weighted by atomic mass is 9.85. The van der Waals surface area contributed by atoms with Gasteiger partial charge in [-0.05, 0) is 65.9 Å². The molecule has 1 aliphatic rings. The molecule has 1 aliphatic carbocycles. The third-order valence-electron chi connectivity index (χ3n) is 4.27. The molecule has 0 spiro atoms. The molecule has 21 heavy (non-hydrogen) atoms. The minimum absolute atomic E-state index is 0.309. The largest absolute Gasteiger partial charge is 0.493 e. The van der Waals surface area contributed by atoms with Gasteiger partial charge in [-0.25, -0.2) is 0 Å². The van der Waals surface area contributed by atoms with Crippen molar-refractivity contribution in [3.63, 3.8) is 0 Å². The Morgan fingerprint density at radius 1 is 1.33 bits per heavy atom. The van der Waals surface area contributed by atoms with E-state index in [2.05, 4.69) is 40.3 Å². The first-order valence-electron chi connectivity index (χ1n) is 7.85. The topological polar surface area (TPSA) is 30.5 Å². The van der Waals surface area contributed by atoms with Crippen LogP contribution in [0.1, 0.15) is 44.6 Å². The van der Waals surface area contributed by atoms with Crippen molar-refractivity contribution in [1.29, 1.82) is 0 Å². The number of benzene rings is 1. The first kappa shape index (κ1) is 16.6. The first-order valence-corrected chi connectivity index (χ1v) is 8.64. The molecule has 0 heterocycles. The lowest BCUT2D eigenvalue weighted by Crippen LogP contribution is -2.25. The Hall–Kier alpha value is -0.740. The molecule has 118 valence electrons. The van der Waals surface area contributed by atoms with Crippen LogP contribution in [0.3, 0.4) is 0 Å². The molecular weight excluding hydrogens is 330 g/mol. The van der Waals surface area contributed by atoms with E-state index in [4.69, 9.17) is 9.47 Å². The van der Waals surface area contributed by atoms with Crippen molar-refractivity contribution < 1.29 is 9.47 Å². The molecule has 2 atom stereocenters. The highest BCUT2D eigenvalue weighted by atomic mass is 79.9. The van der Waals surface area contributed by atoms with Crippen molar-refractivity contribution in [2.24, 2.45) is 5.92 Å². The fourth-order valence-corrected chi connectivity index (χ4v) is 3.66. The summed E-state index contributed by atoms with van der Waals surface area (Å²) in [5.74, 6) is 2.46. The van der Waals surface area contributed by atoms with E-state index < -0.39 is 0 Å². The molecule has 1 aromatic carbocycles. The molecule has 1 aromatic rings. The Labute approximate surface area is 136 Å². The van der Waals surface area contributed by atoms with Crippen LogP contribution >= 0.6 is 15.9 Å². The number of hydrogen-bond acceptors (Lipinski definition) is 3. The normalized spacial score (nSPS) is 22.1. The van der Waals surface area contributed by atoms with E-state index in [9.17, 15) is 0 Å². The Bertz CT molecular complexity index is 464. The Kier molecular flexibility index (Phi) is 6.37. The van der Waals surface area contributed by atoms with E-state index in [0.717, 1.165) is 41.3 Å². The van der Waals surface area contributed by atoms with E-state index in [1.165, 1.54) is 24.8 Å². The molecule has 4 heteroatoms. The number of nitrogens with one attached hydrogen (secondary N) is 1. The van der Waals surface area contributed by atoms with E-state index in [-0.39, 0.29) is 0 Å². The second-order valence-electron chi connectivity index (χ2n) is 5.82. The van der Waals surface area contributed by atoms with Crippen molar-refractivity contribution in [2.45, 2.75) is 51.7 Å². The SMILES string of the molecule is CCC1CCCC(Oc2c(Br)cc(CNC)cc2OC)C1. The Morgan fingerprint density at radius 2 is 2.14 bits per heavy atom. The zero-order chi connectivity index (χ0) is 15.2. The molecule has 2 unspecified atom stereocenters. The molecule has 0 amide bonds. The Morgan fingerprint density at radius 3 is 2.81 bits per heavy atom. The molecule has 0 radical (unpaired) electrons. The zero-order valence-electron chi connectivity index (χ0n) is 13.2. The highest BCUT2D eigenvalue weighted by Crippen LogP contribution is 2.39. The van der Waals surface area contributed by atoms with Crippen molar-refractivity contribution in [1.82, 2.24) is 5.32 Å². The highest BCUT2D eigenvalue weighted by molar-refractivity contribution is 9.10. The molecule has 1 saturated carbocycles. The van der Waals surface area contributed by atoms with E-state index in [1.807, 2.05) is 7.05 Å². The third-order valence-corrected chi connectivity index (χ3v) is 4.86. The van der Waals surface area contributed by atoms with Crippen molar-refractivity contribution >= 4 is 15.9 Å². The van der Waals surface area contributed by atoms with Gasteiger partial charge in [0, 0.05) is 6.54 Å². The van der Waals surface area contributed by atoms with Crippen molar-refractivity contribution in [3.05, 3.63) is 22.2 Å². The number of ether oxygens (including phenoxy) is 2. The molecule has 3 nitrogen and oxygen atoms in total. The van der Waals surface area contributed by atoms with Gasteiger partial charge in [0.2, 0.25) is 0 Å². The van der Waals surface area contributed by atoms with Gasteiger partial charge in [-0.2, -0.15) is 0 Å². The molecule has 1 fully saturated rings. The lowest BCUT2D eigenvalue weighted by molar-refractivity contribution is 0.117. The quantitative estimate of drug-likeness (QED) is 0.813. The molecule has 1 N–H and O–H groups in total. The summed E-state index contributed by atoms with van der Waals surface area (Å²) in [5, 5.41) is 3.16. The first-order chi connectivity index (χ1) is 10.2. The maximum absolute atomic E-state index is 6.28. The molecular formula is C17H26BrNO2. The summed E-state index contributed by atoms with van der Waals surface area (Å²) >= 11 is 3.64. The van der Waals surface area contributed by atoms with Gasteiger partial charge in [-0.3, -0.25) is 0 Å². The predicted molar refractivity (Wildman–Crippen MR) is 90.1 cm³/mol. The molecule has 2 rings (SSSR count).